The van der Waals surface area contributed by atoms with Crippen molar-refractivity contribution in [3.05, 3.63) is 123 Å². The molecule has 2 amide bonds. The number of aromatic nitrogens is 2. The molecule has 7 nitrogen and oxygen atoms in total. The van der Waals surface area contributed by atoms with Gasteiger partial charge in [0.15, 0.2) is 0 Å². The molecule has 0 fully saturated rings. The Hall–Kier alpha value is -4.07. The van der Waals surface area contributed by atoms with Crippen LogP contribution in [0.4, 0.5) is 5.69 Å². The van der Waals surface area contributed by atoms with Crippen molar-refractivity contribution in [3.8, 4) is 0 Å². The first-order chi connectivity index (χ1) is 17.9. The fourth-order valence-electron chi connectivity index (χ4n) is 4.23. The van der Waals surface area contributed by atoms with Crippen LogP contribution in [0.5, 0.6) is 0 Å². The molecule has 1 aliphatic rings. The molecule has 1 aliphatic heterocycles. The predicted octanol–water partition coefficient (Wildman–Crippen LogP) is 5.22. The van der Waals surface area contributed by atoms with E-state index in [4.69, 9.17) is 23.2 Å². The molecule has 4 aromatic rings. The van der Waals surface area contributed by atoms with Crippen molar-refractivity contribution < 1.29 is 14.4 Å². The summed E-state index contributed by atoms with van der Waals surface area (Å²) >= 11 is 12.6. The highest BCUT2D eigenvalue weighted by atomic mass is 35.5. The highest BCUT2D eigenvalue weighted by molar-refractivity contribution is 6.35. The minimum atomic E-state index is -0.845. The van der Waals surface area contributed by atoms with Gasteiger partial charge >= 0.3 is 0 Å². The van der Waals surface area contributed by atoms with E-state index >= 15 is 0 Å². The van der Waals surface area contributed by atoms with Gasteiger partial charge in [-0.05, 0) is 60.2 Å². The lowest BCUT2D eigenvalue weighted by molar-refractivity contribution is -0.120. The van der Waals surface area contributed by atoms with E-state index in [1.54, 1.807) is 72.9 Å². The number of benzene rings is 2. The molecule has 2 aromatic heterocycles. The number of ketones is 1. The second-order valence-corrected chi connectivity index (χ2v) is 9.36. The SMILES string of the molecule is O=C(c1ccccn1)c1ccc(CN2C(=O)c3ccc(Cl)cc3NC(=O)[C@H]2Cc2ccccn2)cc1Cl. The first-order valence-corrected chi connectivity index (χ1v) is 12.2. The number of fused-ring (bicyclic) bond motifs is 1. The lowest BCUT2D eigenvalue weighted by Crippen LogP contribution is -2.46. The van der Waals surface area contributed by atoms with E-state index in [9.17, 15) is 14.4 Å². The number of carbonyl (C=O) groups is 3. The Labute approximate surface area is 223 Å². The average molecular weight is 531 g/mol. The number of nitrogens with zero attached hydrogens (tertiary/aromatic N) is 3. The topological polar surface area (TPSA) is 92.3 Å². The Morgan fingerprint density at radius 2 is 1.70 bits per heavy atom. The molecule has 1 atom stereocenters. The summed E-state index contributed by atoms with van der Waals surface area (Å²) in [5, 5.41) is 3.48. The van der Waals surface area contributed by atoms with Crippen molar-refractivity contribution in [1.82, 2.24) is 14.9 Å². The van der Waals surface area contributed by atoms with Crippen molar-refractivity contribution in [3.63, 3.8) is 0 Å². The third-order valence-corrected chi connectivity index (χ3v) is 6.61. The third-order valence-electron chi connectivity index (χ3n) is 6.07. The highest BCUT2D eigenvalue weighted by Gasteiger charge is 2.36. The van der Waals surface area contributed by atoms with Gasteiger partial charge in [0.1, 0.15) is 11.7 Å². The maximum atomic E-state index is 13.7. The molecule has 0 spiro atoms. The van der Waals surface area contributed by atoms with Crippen LogP contribution >= 0.6 is 23.2 Å². The molecule has 5 rings (SSSR count). The van der Waals surface area contributed by atoms with Gasteiger partial charge in [0, 0.05) is 41.6 Å². The quantitative estimate of drug-likeness (QED) is 0.345. The Morgan fingerprint density at radius 3 is 2.41 bits per heavy atom. The zero-order valence-electron chi connectivity index (χ0n) is 19.4. The van der Waals surface area contributed by atoms with E-state index in [0.29, 0.717) is 33.1 Å². The first-order valence-electron chi connectivity index (χ1n) is 11.5. The van der Waals surface area contributed by atoms with Crippen LogP contribution in [-0.4, -0.2) is 38.5 Å². The Bertz CT molecular complexity index is 1500. The van der Waals surface area contributed by atoms with Crippen LogP contribution < -0.4 is 5.32 Å². The van der Waals surface area contributed by atoms with Gasteiger partial charge in [0.2, 0.25) is 11.7 Å². The Morgan fingerprint density at radius 1 is 0.919 bits per heavy atom. The minimum absolute atomic E-state index is 0.0869. The van der Waals surface area contributed by atoms with E-state index in [-0.39, 0.29) is 41.3 Å². The molecule has 1 N–H and O–H groups in total. The number of halogens is 2. The fourth-order valence-corrected chi connectivity index (χ4v) is 4.70. The Kier molecular flexibility index (Phi) is 6.99. The molecule has 2 aromatic carbocycles. The van der Waals surface area contributed by atoms with Gasteiger partial charge in [-0.15, -0.1) is 0 Å². The molecule has 37 heavy (non-hydrogen) atoms. The lowest BCUT2D eigenvalue weighted by Gasteiger charge is -2.29. The largest absolute Gasteiger partial charge is 0.323 e. The van der Waals surface area contributed by atoms with E-state index < -0.39 is 6.04 Å². The summed E-state index contributed by atoms with van der Waals surface area (Å²) in [7, 11) is 0. The Balaban J connectivity index is 1.49. The second kappa shape index (κ2) is 10.5. The van der Waals surface area contributed by atoms with Crippen LogP contribution in [0.1, 0.15) is 37.7 Å². The van der Waals surface area contributed by atoms with Gasteiger partial charge in [-0.2, -0.15) is 0 Å². The number of pyridine rings is 2. The number of nitrogens with one attached hydrogen (secondary N) is 1. The molecule has 184 valence electrons. The summed E-state index contributed by atoms with van der Waals surface area (Å²) in [6.07, 6.45) is 3.39. The van der Waals surface area contributed by atoms with Gasteiger partial charge < -0.3 is 10.2 Å². The maximum absolute atomic E-state index is 13.7. The molecule has 0 saturated heterocycles. The molecule has 0 radical (unpaired) electrons. The van der Waals surface area contributed by atoms with E-state index in [0.717, 1.165) is 0 Å². The number of amides is 2. The molecule has 0 aliphatic carbocycles. The lowest BCUT2D eigenvalue weighted by atomic mass is 10.0. The average Bonchev–Trinajstić information content (AvgIpc) is 2.99. The monoisotopic (exact) mass is 530 g/mol. The van der Waals surface area contributed by atoms with Crippen molar-refractivity contribution in [1.29, 1.82) is 0 Å². The summed E-state index contributed by atoms with van der Waals surface area (Å²) in [6.45, 7) is 0.0869. The molecule has 9 heteroatoms. The summed E-state index contributed by atoms with van der Waals surface area (Å²) < 4.78 is 0. The number of anilines is 1. The normalized spacial score (nSPS) is 15.1. The number of hydrogen-bond donors (Lipinski definition) is 1. The van der Waals surface area contributed by atoms with Gasteiger partial charge in [-0.1, -0.05) is 41.4 Å². The molecule has 0 unspecified atom stereocenters. The third kappa shape index (κ3) is 5.23. The summed E-state index contributed by atoms with van der Waals surface area (Å²) in [5.74, 6) is -0.995. The highest BCUT2D eigenvalue weighted by Crippen LogP contribution is 2.29. The molecular formula is C28H20Cl2N4O3. The van der Waals surface area contributed by atoms with Crippen molar-refractivity contribution in [2.45, 2.75) is 19.0 Å². The van der Waals surface area contributed by atoms with Crippen molar-refractivity contribution in [2.75, 3.05) is 5.32 Å². The number of hydrogen-bond acceptors (Lipinski definition) is 5. The van der Waals surface area contributed by atoms with Gasteiger partial charge in [-0.3, -0.25) is 24.4 Å². The van der Waals surface area contributed by atoms with E-state index in [2.05, 4.69) is 15.3 Å². The number of rotatable bonds is 6. The second-order valence-electron chi connectivity index (χ2n) is 8.51. The van der Waals surface area contributed by atoms with E-state index in [1.165, 1.54) is 11.1 Å². The first kappa shape index (κ1) is 24.6. The molecule has 0 bridgehead atoms. The van der Waals surface area contributed by atoms with Crippen LogP contribution in [0.15, 0.2) is 85.2 Å². The maximum Gasteiger partial charge on any atom is 0.256 e. The van der Waals surface area contributed by atoms with Crippen LogP contribution in [0.2, 0.25) is 10.0 Å². The molecule has 0 saturated carbocycles. The van der Waals surface area contributed by atoms with Crippen molar-refractivity contribution >= 4 is 46.5 Å². The van der Waals surface area contributed by atoms with Crippen LogP contribution in [0.3, 0.4) is 0 Å². The van der Waals surface area contributed by atoms with Crippen LogP contribution in [0, 0.1) is 0 Å². The smallest absolute Gasteiger partial charge is 0.256 e. The zero-order chi connectivity index (χ0) is 25.9. The predicted molar refractivity (Wildman–Crippen MR) is 141 cm³/mol. The summed E-state index contributed by atoms with van der Waals surface area (Å²) in [4.78, 5) is 49.8. The van der Waals surface area contributed by atoms with Crippen molar-refractivity contribution in [2.24, 2.45) is 0 Å². The van der Waals surface area contributed by atoms with Crippen LogP contribution in [-0.2, 0) is 17.8 Å². The fraction of sp³-hybridized carbons (Fsp3) is 0.107. The standard InChI is InChI=1S/C28H20Cl2N4O3/c29-18-8-10-21-24(14-18)33-27(36)25(15-19-5-1-3-11-31-19)34(28(21)37)16-17-7-9-20(22(30)13-17)26(35)23-6-2-4-12-32-23/h1-14,25H,15-16H2,(H,33,36)/t25-/m1/s1. The van der Waals surface area contributed by atoms with Gasteiger partial charge in [0.05, 0.1) is 16.3 Å². The molecular weight excluding hydrogens is 511 g/mol. The zero-order valence-corrected chi connectivity index (χ0v) is 20.9. The summed E-state index contributed by atoms with van der Waals surface area (Å²) in [6, 6.07) is 19.4. The van der Waals surface area contributed by atoms with Crippen LogP contribution in [0.25, 0.3) is 0 Å². The summed E-state index contributed by atoms with van der Waals surface area (Å²) in [5.41, 5.74) is 2.59. The number of carbonyl (C=O) groups excluding carboxylic acids is 3. The molecule has 3 heterocycles. The van der Waals surface area contributed by atoms with Gasteiger partial charge in [-0.25, -0.2) is 0 Å². The minimum Gasteiger partial charge on any atom is -0.323 e. The van der Waals surface area contributed by atoms with E-state index in [1.807, 2.05) is 6.07 Å². The van der Waals surface area contributed by atoms with Gasteiger partial charge in [0.25, 0.3) is 5.91 Å².